The van der Waals surface area contributed by atoms with Crippen molar-refractivity contribution in [3.63, 3.8) is 0 Å². The van der Waals surface area contributed by atoms with Crippen LogP contribution in [0.1, 0.15) is 11.4 Å². The molecule has 1 aromatic heterocycles. The molecule has 0 radical (unpaired) electrons. The molecule has 0 N–H and O–H groups in total. The number of hydrogen-bond donors (Lipinski definition) is 0. The molecule has 0 fully saturated rings. The first kappa shape index (κ1) is 20.1. The highest BCUT2D eigenvalue weighted by Gasteiger charge is 2.18. The van der Waals surface area contributed by atoms with Gasteiger partial charge in [0.15, 0.2) is 0 Å². The minimum Gasteiger partial charge on any atom is -0.350 e. The molecule has 0 bridgehead atoms. The van der Waals surface area contributed by atoms with Gasteiger partial charge in [-0.05, 0) is 62.9 Å². The van der Waals surface area contributed by atoms with Crippen LogP contribution in [0.4, 0.5) is 0 Å². The van der Waals surface area contributed by atoms with E-state index in [-0.39, 0.29) is 21.0 Å². The zero-order valence-corrected chi connectivity index (χ0v) is 20.4. The van der Waals surface area contributed by atoms with Crippen molar-refractivity contribution in [1.82, 2.24) is 13.0 Å². The molecule has 2 aromatic carbocycles. The lowest BCUT2D eigenvalue weighted by Crippen LogP contribution is -2.32. The third-order valence-electron chi connectivity index (χ3n) is 5.94. The lowest BCUT2D eigenvalue weighted by molar-refractivity contribution is 0.644. The number of fused-ring (bicyclic) bond motifs is 3. The van der Waals surface area contributed by atoms with Gasteiger partial charge in [-0.25, -0.2) is 4.98 Å². The van der Waals surface area contributed by atoms with Crippen molar-refractivity contribution in [2.24, 2.45) is 0 Å². The molecule has 4 heteroatoms. The number of aromatic nitrogens is 1. The van der Waals surface area contributed by atoms with Crippen molar-refractivity contribution in [1.29, 1.82) is 0 Å². The van der Waals surface area contributed by atoms with Crippen LogP contribution >= 0.6 is 21.0 Å². The fourth-order valence-corrected chi connectivity index (χ4v) is 6.73. The topological polar surface area (TPSA) is 19.4 Å². The maximum atomic E-state index is 5.00. The normalized spacial score (nSPS) is 17.1. The summed E-state index contributed by atoms with van der Waals surface area (Å²) in [7, 11) is 2.07. The number of allylic oxidation sites excluding steroid dienone is 5. The number of benzene rings is 2. The Bertz CT molecular complexity index is 1660. The van der Waals surface area contributed by atoms with Gasteiger partial charge >= 0.3 is 0 Å². The Morgan fingerprint density at radius 2 is 1.52 bits per heavy atom. The van der Waals surface area contributed by atoms with E-state index in [1.807, 2.05) is 6.07 Å². The molecule has 4 heterocycles. The molecular weight excluding hydrogens is 517 g/mol. The second-order valence-electron chi connectivity index (χ2n) is 8.23. The van der Waals surface area contributed by atoms with Gasteiger partial charge in [0.05, 0.1) is 20.6 Å². The number of hydrogen-bond acceptors (Lipinski definition) is 3. The summed E-state index contributed by atoms with van der Waals surface area (Å²) in [6.45, 7) is 4.34. The molecule has 33 heavy (non-hydrogen) atoms. The monoisotopic (exact) mass is 539 g/mol. The van der Waals surface area contributed by atoms with Crippen molar-refractivity contribution < 1.29 is 0 Å². The van der Waals surface area contributed by atoms with Crippen LogP contribution < -0.4 is 20.9 Å². The molecule has 0 saturated carbocycles. The average molecular weight is 539 g/mol. The molecule has 0 atom stereocenters. The van der Waals surface area contributed by atoms with Gasteiger partial charge in [0.2, 0.25) is 0 Å². The Morgan fingerprint density at radius 3 is 2.30 bits per heavy atom. The Morgan fingerprint density at radius 1 is 0.818 bits per heavy atom. The molecule has 3 nitrogen and oxygen atoms in total. The first-order valence-corrected chi connectivity index (χ1v) is 12.9. The van der Waals surface area contributed by atoms with Crippen molar-refractivity contribution in [3.05, 3.63) is 129 Å². The molecular formula is C29H22IN3. The first-order valence-electron chi connectivity index (χ1n) is 10.9. The quantitative estimate of drug-likeness (QED) is 0.377. The predicted molar refractivity (Wildman–Crippen MR) is 146 cm³/mol. The first-order chi connectivity index (χ1) is 16.1. The second kappa shape index (κ2) is 8.12. The maximum absolute atomic E-state index is 5.00. The highest BCUT2D eigenvalue weighted by Crippen LogP contribution is 2.31. The van der Waals surface area contributed by atoms with Gasteiger partial charge < -0.3 is 4.90 Å². The molecule has 3 aromatic rings. The lowest BCUT2D eigenvalue weighted by atomic mass is 10.1. The van der Waals surface area contributed by atoms with Crippen molar-refractivity contribution in [3.8, 4) is 0 Å². The molecule has 6 rings (SSSR count). The van der Waals surface area contributed by atoms with E-state index in [1.165, 1.54) is 30.1 Å². The van der Waals surface area contributed by atoms with Gasteiger partial charge in [-0.15, -0.1) is 0 Å². The number of rotatable bonds is 3. The summed E-state index contributed by atoms with van der Waals surface area (Å²) in [4.78, 5) is 7.14. The molecule has 0 amide bonds. The molecule has 160 valence electrons. The smallest absolute Gasteiger partial charge is 0.0781 e. The van der Waals surface area contributed by atoms with Crippen LogP contribution in [0.3, 0.4) is 0 Å². The van der Waals surface area contributed by atoms with Crippen LogP contribution in [0, 0.1) is 0 Å². The van der Waals surface area contributed by atoms with Gasteiger partial charge in [0.1, 0.15) is 0 Å². The number of halogens is 1. The predicted octanol–water partition coefficient (Wildman–Crippen LogP) is 2.98. The summed E-state index contributed by atoms with van der Waals surface area (Å²) in [6, 6.07) is 23.2. The minimum atomic E-state index is -0.333. The van der Waals surface area contributed by atoms with Crippen molar-refractivity contribution >= 4 is 54.6 Å². The van der Waals surface area contributed by atoms with E-state index in [4.69, 9.17) is 4.98 Å². The van der Waals surface area contributed by atoms with E-state index >= 15 is 0 Å². The van der Waals surface area contributed by atoms with E-state index in [2.05, 4.69) is 119 Å². The summed E-state index contributed by atoms with van der Waals surface area (Å²) >= 11 is -0.333. The summed E-state index contributed by atoms with van der Waals surface area (Å²) in [5.74, 6) is 0. The Labute approximate surface area is 203 Å². The van der Waals surface area contributed by atoms with Crippen LogP contribution in [0.25, 0.3) is 30.1 Å². The molecule has 3 aliphatic heterocycles. The third kappa shape index (κ3) is 3.80. The fourth-order valence-electron chi connectivity index (χ4n) is 4.17. The Balaban J connectivity index is 1.32. The van der Waals surface area contributed by atoms with E-state index < -0.39 is 0 Å². The molecule has 3 aliphatic rings. The summed E-state index contributed by atoms with van der Waals surface area (Å²) in [6.07, 6.45) is 13.3. The standard InChI is InChI=1S/C29H22IN3/c1-20(14-25-15-21-8-3-5-10-23(21)18-32(25)2)28-12-7-13-29(31-28)27-17-26-16-22-9-4-6-11-24(22)19-33(26)30-27/h3-19H,1H2,2H3/b25-14-. The molecule has 0 spiro atoms. The summed E-state index contributed by atoms with van der Waals surface area (Å²) < 4.78 is 3.73. The van der Waals surface area contributed by atoms with Crippen molar-refractivity contribution in [2.75, 3.05) is 7.05 Å². The average Bonchev–Trinajstić information content (AvgIpc) is 3.26. The van der Waals surface area contributed by atoms with E-state index in [0.717, 1.165) is 22.7 Å². The summed E-state index contributed by atoms with van der Waals surface area (Å²) in [5, 5.41) is 5.01. The second-order valence-corrected chi connectivity index (χ2v) is 10.9. The van der Waals surface area contributed by atoms with Crippen LogP contribution in [-0.2, 0) is 0 Å². The summed E-state index contributed by atoms with van der Waals surface area (Å²) in [5.41, 5.74) is 5.24. The van der Waals surface area contributed by atoms with Crippen LogP contribution in [0.2, 0.25) is 0 Å². The SMILES string of the molecule is C=C(/C=C1/C=c2ccccc2=CN1C)c1cccc(C2=IN3C=c4ccccc4=CC3=C2)n1. The van der Waals surface area contributed by atoms with Gasteiger partial charge in [0, 0.05) is 46.1 Å². The largest absolute Gasteiger partial charge is 0.350 e. The van der Waals surface area contributed by atoms with Gasteiger partial charge in [-0.3, -0.25) is 3.11 Å². The molecule has 0 unspecified atom stereocenters. The molecule has 0 saturated heterocycles. The highest BCUT2D eigenvalue weighted by atomic mass is 127. The lowest BCUT2D eigenvalue weighted by Gasteiger charge is -2.19. The van der Waals surface area contributed by atoms with Crippen LogP contribution in [0.15, 0.2) is 96.9 Å². The number of pyridine rings is 1. The van der Waals surface area contributed by atoms with Crippen LogP contribution in [-0.4, -0.2) is 23.6 Å². The zero-order chi connectivity index (χ0) is 22.4. The number of nitrogens with zero attached hydrogens (tertiary/aromatic N) is 3. The van der Waals surface area contributed by atoms with Gasteiger partial charge in [0.25, 0.3) is 0 Å². The fraction of sp³-hybridized carbons (Fsp3) is 0.0345. The molecule has 0 aliphatic carbocycles. The van der Waals surface area contributed by atoms with E-state index in [9.17, 15) is 0 Å². The zero-order valence-electron chi connectivity index (χ0n) is 18.2. The maximum Gasteiger partial charge on any atom is 0.0781 e. The van der Waals surface area contributed by atoms with Gasteiger partial charge in [-0.1, -0.05) is 61.2 Å². The van der Waals surface area contributed by atoms with E-state index in [1.54, 1.807) is 0 Å². The highest BCUT2D eigenvalue weighted by molar-refractivity contribution is 14.2. The Hall–Kier alpha value is -3.51. The van der Waals surface area contributed by atoms with Gasteiger partial charge in [-0.2, -0.15) is 0 Å². The third-order valence-corrected chi connectivity index (χ3v) is 8.68. The minimum absolute atomic E-state index is 0.333. The van der Waals surface area contributed by atoms with Crippen LogP contribution in [0.5, 0.6) is 0 Å². The van der Waals surface area contributed by atoms with Crippen molar-refractivity contribution in [2.45, 2.75) is 0 Å². The van der Waals surface area contributed by atoms with E-state index in [0.29, 0.717) is 0 Å². The Kier molecular flexibility index (Phi) is 4.95.